The quantitative estimate of drug-likeness (QED) is 0.461. The Morgan fingerprint density at radius 2 is 1.94 bits per heavy atom. The van der Waals surface area contributed by atoms with Crippen LogP contribution in [0, 0.1) is 0 Å². The van der Waals surface area contributed by atoms with Crippen molar-refractivity contribution in [2.75, 3.05) is 7.11 Å². The Morgan fingerprint density at radius 1 is 1.31 bits per heavy atom. The summed E-state index contributed by atoms with van der Waals surface area (Å²) in [5.74, 6) is 0.454. The van der Waals surface area contributed by atoms with Gasteiger partial charge in [0.1, 0.15) is 11.5 Å². The molecule has 1 aromatic rings. The number of halogens is 1. The molecule has 0 saturated heterocycles. The number of carbonyl (C=O) groups is 1. The molecule has 0 aliphatic heterocycles. The number of allylic oxidation sites excluding steroid dienone is 1. The van der Waals surface area contributed by atoms with Gasteiger partial charge in [-0.25, -0.2) is 4.79 Å². The first kappa shape index (κ1) is 12.6. The van der Waals surface area contributed by atoms with Gasteiger partial charge in [-0.2, -0.15) is 0 Å². The van der Waals surface area contributed by atoms with Gasteiger partial charge in [0, 0.05) is 6.42 Å². The third-order valence-corrected chi connectivity index (χ3v) is 2.28. The van der Waals surface area contributed by atoms with Crippen molar-refractivity contribution in [1.82, 2.24) is 0 Å². The minimum absolute atomic E-state index is 0.0196. The van der Waals surface area contributed by atoms with Gasteiger partial charge in [0.25, 0.3) is 0 Å². The minimum Gasteiger partial charge on any atom is -0.465 e. The molecule has 0 atom stereocenters. The number of carbonyl (C=O) groups excluding carboxylic acids is 1. The van der Waals surface area contributed by atoms with Crippen molar-refractivity contribution in [3.8, 4) is 5.75 Å². The third-order valence-electron chi connectivity index (χ3n) is 1.91. The fourth-order valence-electron chi connectivity index (χ4n) is 1.11. The van der Waals surface area contributed by atoms with Crippen LogP contribution in [0.1, 0.15) is 13.3 Å². The molecule has 0 unspecified atom stereocenters. The van der Waals surface area contributed by atoms with E-state index in [0.717, 1.165) is 0 Å². The Labute approximate surface area is 99.6 Å². The highest BCUT2D eigenvalue weighted by atomic mass is 35.5. The zero-order valence-electron chi connectivity index (χ0n) is 9.20. The Balaban J connectivity index is 2.88. The zero-order chi connectivity index (χ0) is 12.0. The van der Waals surface area contributed by atoms with Crippen LogP contribution in [0.5, 0.6) is 5.75 Å². The largest absolute Gasteiger partial charge is 0.465 e. The van der Waals surface area contributed by atoms with Gasteiger partial charge in [-0.3, -0.25) is 0 Å². The first-order valence-corrected chi connectivity index (χ1v) is 5.26. The molecule has 0 saturated carbocycles. The maximum Gasteiger partial charge on any atom is 0.352 e. The highest BCUT2D eigenvalue weighted by molar-refractivity contribution is 6.41. The summed E-state index contributed by atoms with van der Waals surface area (Å²) in [7, 11) is 1.28. The average Bonchev–Trinajstić information content (AvgIpc) is 2.35. The normalized spacial score (nSPS) is 11.7. The lowest BCUT2D eigenvalue weighted by Crippen LogP contribution is -2.06. The molecule has 0 amide bonds. The summed E-state index contributed by atoms with van der Waals surface area (Å²) in [5.41, 5.74) is 0. The number of benzene rings is 1. The summed E-state index contributed by atoms with van der Waals surface area (Å²) in [5, 5.41) is -0.0196. The van der Waals surface area contributed by atoms with E-state index in [0.29, 0.717) is 17.9 Å². The first-order chi connectivity index (χ1) is 7.69. The predicted octanol–water partition coefficient (Wildman–Crippen LogP) is 3.10. The predicted molar refractivity (Wildman–Crippen MR) is 62.3 cm³/mol. The lowest BCUT2D eigenvalue weighted by Gasteiger charge is -2.09. The summed E-state index contributed by atoms with van der Waals surface area (Å²) in [6, 6.07) is 9.14. The Morgan fingerprint density at radius 3 is 2.44 bits per heavy atom. The van der Waals surface area contributed by atoms with Crippen LogP contribution in [0.25, 0.3) is 0 Å². The van der Waals surface area contributed by atoms with E-state index in [1.165, 1.54) is 7.11 Å². The molecule has 1 rings (SSSR count). The van der Waals surface area contributed by atoms with E-state index in [1.807, 2.05) is 25.1 Å². The van der Waals surface area contributed by atoms with Gasteiger partial charge >= 0.3 is 5.97 Å². The van der Waals surface area contributed by atoms with Crippen LogP contribution in [-0.2, 0) is 9.53 Å². The topological polar surface area (TPSA) is 35.5 Å². The van der Waals surface area contributed by atoms with Gasteiger partial charge < -0.3 is 9.47 Å². The standard InChI is InChI=1S/C12H13ClO3/c1-3-10(11(13)12(14)15-2)16-9-7-5-4-6-8-9/h4-8H,3H2,1-2H3. The summed E-state index contributed by atoms with van der Waals surface area (Å²) in [4.78, 5) is 11.2. The van der Waals surface area contributed by atoms with Crippen molar-refractivity contribution in [2.45, 2.75) is 13.3 Å². The van der Waals surface area contributed by atoms with Crippen molar-refractivity contribution in [2.24, 2.45) is 0 Å². The molecule has 4 heteroatoms. The monoisotopic (exact) mass is 240 g/mol. The molecule has 0 N–H and O–H groups in total. The number of para-hydroxylation sites is 1. The summed E-state index contributed by atoms with van der Waals surface area (Å²) in [6.45, 7) is 1.85. The second kappa shape index (κ2) is 6.18. The molecule has 1 aromatic carbocycles. The van der Waals surface area contributed by atoms with Gasteiger partial charge in [-0.05, 0) is 12.1 Å². The summed E-state index contributed by atoms with van der Waals surface area (Å²) < 4.78 is 10.0. The number of rotatable bonds is 4. The van der Waals surface area contributed by atoms with Crippen molar-refractivity contribution in [1.29, 1.82) is 0 Å². The molecular formula is C12H13ClO3. The second-order valence-electron chi connectivity index (χ2n) is 3.00. The van der Waals surface area contributed by atoms with Crippen LogP contribution in [0.3, 0.4) is 0 Å². The van der Waals surface area contributed by atoms with Gasteiger partial charge in [-0.15, -0.1) is 0 Å². The van der Waals surface area contributed by atoms with Crippen molar-refractivity contribution < 1.29 is 14.3 Å². The molecule has 0 heterocycles. The maximum atomic E-state index is 11.2. The summed E-state index contributed by atoms with van der Waals surface area (Å²) >= 11 is 5.83. The molecule has 0 fully saturated rings. The first-order valence-electron chi connectivity index (χ1n) is 4.89. The SMILES string of the molecule is CCC(Oc1ccccc1)=C(Cl)C(=O)OC. The van der Waals surface area contributed by atoms with Crippen molar-refractivity contribution in [3.05, 3.63) is 41.1 Å². The molecular weight excluding hydrogens is 228 g/mol. The highest BCUT2D eigenvalue weighted by Gasteiger charge is 2.14. The van der Waals surface area contributed by atoms with Crippen LogP contribution in [0.4, 0.5) is 0 Å². The molecule has 0 aliphatic carbocycles. The molecule has 3 nitrogen and oxygen atoms in total. The number of hydrogen-bond acceptors (Lipinski definition) is 3. The van der Waals surface area contributed by atoms with Crippen LogP contribution in [0.15, 0.2) is 41.1 Å². The Hall–Kier alpha value is -1.48. The number of ether oxygens (including phenoxy) is 2. The van der Waals surface area contributed by atoms with Crippen LogP contribution in [-0.4, -0.2) is 13.1 Å². The number of hydrogen-bond donors (Lipinski definition) is 0. The van der Waals surface area contributed by atoms with E-state index in [9.17, 15) is 4.79 Å². The molecule has 0 aromatic heterocycles. The van der Waals surface area contributed by atoms with Gasteiger partial charge in [0.15, 0.2) is 5.03 Å². The van der Waals surface area contributed by atoms with E-state index in [1.54, 1.807) is 12.1 Å². The third kappa shape index (κ3) is 3.28. The maximum absolute atomic E-state index is 11.2. The number of methoxy groups -OCH3 is 1. The minimum atomic E-state index is -0.588. The molecule has 0 radical (unpaired) electrons. The van der Waals surface area contributed by atoms with Crippen LogP contribution >= 0.6 is 11.6 Å². The fraction of sp³-hybridized carbons (Fsp3) is 0.250. The number of esters is 1. The molecule has 0 spiro atoms. The van der Waals surface area contributed by atoms with Crippen LogP contribution < -0.4 is 4.74 Å². The average molecular weight is 241 g/mol. The van der Waals surface area contributed by atoms with E-state index < -0.39 is 5.97 Å². The van der Waals surface area contributed by atoms with E-state index in [4.69, 9.17) is 16.3 Å². The van der Waals surface area contributed by atoms with Crippen LogP contribution in [0.2, 0.25) is 0 Å². The van der Waals surface area contributed by atoms with Gasteiger partial charge in [-0.1, -0.05) is 36.7 Å². The molecule has 0 bridgehead atoms. The zero-order valence-corrected chi connectivity index (χ0v) is 9.95. The van der Waals surface area contributed by atoms with E-state index >= 15 is 0 Å². The Kier molecular flexibility index (Phi) is 4.86. The Bertz CT molecular complexity index is 385. The van der Waals surface area contributed by atoms with Gasteiger partial charge in [0.2, 0.25) is 0 Å². The van der Waals surface area contributed by atoms with Gasteiger partial charge in [0.05, 0.1) is 7.11 Å². The lowest BCUT2D eigenvalue weighted by atomic mass is 10.3. The smallest absolute Gasteiger partial charge is 0.352 e. The van der Waals surface area contributed by atoms with E-state index in [-0.39, 0.29) is 5.03 Å². The summed E-state index contributed by atoms with van der Waals surface area (Å²) in [6.07, 6.45) is 0.517. The van der Waals surface area contributed by atoms with Crippen molar-refractivity contribution >= 4 is 17.6 Å². The molecule has 86 valence electrons. The van der Waals surface area contributed by atoms with E-state index in [2.05, 4.69) is 4.74 Å². The molecule has 0 aliphatic rings. The fourth-order valence-corrected chi connectivity index (χ4v) is 1.36. The highest BCUT2D eigenvalue weighted by Crippen LogP contribution is 2.20. The second-order valence-corrected chi connectivity index (χ2v) is 3.38. The lowest BCUT2D eigenvalue weighted by molar-refractivity contribution is -0.135. The molecule has 16 heavy (non-hydrogen) atoms. The van der Waals surface area contributed by atoms with Crippen molar-refractivity contribution in [3.63, 3.8) is 0 Å².